The quantitative estimate of drug-likeness (QED) is 0.0989. The number of hydrogen-bond donors (Lipinski definition) is 1. The second-order valence-corrected chi connectivity index (χ2v) is 40.1. The molecule has 0 fully saturated rings. The summed E-state index contributed by atoms with van der Waals surface area (Å²) in [5.41, 5.74) is 23.8. The van der Waals surface area contributed by atoms with Crippen LogP contribution in [0.4, 0.5) is 8.78 Å². The molecule has 0 spiro atoms. The summed E-state index contributed by atoms with van der Waals surface area (Å²) < 4.78 is 34.3. The van der Waals surface area contributed by atoms with E-state index in [4.69, 9.17) is 56.7 Å². The lowest BCUT2D eigenvalue weighted by Crippen LogP contribution is -2.46. The van der Waals surface area contributed by atoms with E-state index in [-0.39, 0.29) is 106 Å². The molecule has 13 aromatic heterocycles. The summed E-state index contributed by atoms with van der Waals surface area (Å²) in [4.78, 5) is 106. The van der Waals surface area contributed by atoms with E-state index in [0.29, 0.717) is 23.0 Å². The van der Waals surface area contributed by atoms with Gasteiger partial charge in [0.05, 0.1) is 101 Å². The predicted octanol–water partition coefficient (Wildman–Crippen LogP) is 22.8. The number of aromatic nitrogens is 17. The fourth-order valence-corrected chi connectivity index (χ4v) is 24.4. The molecule has 16 aromatic rings. The number of benzene rings is 3. The Balaban J connectivity index is 0.000000116. The summed E-state index contributed by atoms with van der Waals surface area (Å²) in [5.74, 6) is 0.0271. The number of rotatable bonds is 14. The van der Waals surface area contributed by atoms with Crippen LogP contribution < -0.4 is 0 Å². The SMILES string of the molecule is [C-]#[N+]C1=C[C@@]2(C)c3c(c(-c4ccccn4)nn3-c3ccc(-c4ccc(F)cc4)cn3)CC[C@@H]2[C@@H](C)C1=O.[C-]#[N+]C1=C[C@@]2(C)c3c(c(-c4ccccn4)nn3-c3ccc(-c4cccnc4)cn3)CC[C@@H]2[C@@H](C)C1=O.[C-]#[N+]C1=C[C@@]2(C)c3c(c(-c4ccccn4)nn3-c3ccc(-c4ccnc(CF)c4)cc3)CC[C@@H]2[C@@H](C)C1=O.[C-]#[N+]C1=C[C@@]2(C)c3c(c(-c4ccccn4)nn3-c3ccc(-c4ccnc(CO)c4)cc3)CC[C@@H]2[C@@H](C)C1=O. The predicted molar refractivity (Wildman–Crippen MR) is 561 cm³/mol. The number of nitrogens with zero attached hydrogens (tertiary/aromatic N) is 21. The molecule has 8 aliphatic carbocycles. The highest BCUT2D eigenvalue weighted by atomic mass is 19.1. The van der Waals surface area contributed by atoms with Crippen molar-refractivity contribution in [2.75, 3.05) is 0 Å². The summed E-state index contributed by atoms with van der Waals surface area (Å²) in [5, 5.41) is 29.8. The molecule has 13 heterocycles. The highest BCUT2D eigenvalue weighted by molar-refractivity contribution is 6.03. The molecule has 0 saturated heterocycles. The van der Waals surface area contributed by atoms with Gasteiger partial charge in [0, 0.05) is 146 Å². The zero-order chi connectivity index (χ0) is 103. The minimum atomic E-state index is -0.609. The number of alkyl halides is 1. The van der Waals surface area contributed by atoms with E-state index in [1.807, 2.05) is 259 Å². The standard InChI is InChI=1S/C31H26FN5O.C31H27N5O2.C30H24FN5O.C29H24N6O/c1-19-25-12-11-24-28(26-6-4-5-14-35-26)36-37(30(24)31(25,2)17-27(33-3)29(19)38)23-9-7-20(8-10-23)21-13-15-34-22(16-21)18-32;1-19-25-12-11-24-28(26-6-4-5-14-34-26)35-36(30(24)31(25,2)17-27(32-3)29(19)38)23-9-7-20(8-10-23)21-13-15-33-22(16-21)18-37;1-18-23-13-12-22-27(24-6-4-5-15-33-24)35-36(29(22)30(23,2)16-25(32-3)28(18)37)26-14-9-20(17-34-26)19-7-10-21(31)11-8-19;1-18-22-11-10-21-26(23-8-4-5-14-32-23)34-35(28(21)29(22,2)15-24(30-3)27(18)36)25-12-9-20(17-33-25)19-7-6-13-31-16-19/h4-10,13-17,19,25H,11-12,18H2,1-2H3;4-10,13-17,19,25,37H,11-12,18H2,1-2H3;4-11,14-18,23H,12-13H2,1-2H3;4-9,12-18,22H,10-11H2,1-2H3/t2*19-,25-,31-;18-,23-,30-;18-,22-,29-/m1111/s1. The first-order chi connectivity index (χ1) is 72.3. The van der Waals surface area contributed by atoms with Gasteiger partial charge in [-0.2, -0.15) is 20.4 Å². The Bertz CT molecular complexity index is 8040. The van der Waals surface area contributed by atoms with Crippen LogP contribution in [-0.4, -0.2) is 112 Å². The fraction of sp³-hybridized carbons (Fsp3) is 0.248. The maximum absolute atomic E-state index is 13.4. The number of aliphatic hydroxyl groups is 1. The third kappa shape index (κ3) is 17.3. The van der Waals surface area contributed by atoms with E-state index in [9.17, 15) is 33.1 Å². The lowest BCUT2D eigenvalue weighted by atomic mass is 9.58. The highest BCUT2D eigenvalue weighted by Gasteiger charge is 2.56. The second kappa shape index (κ2) is 39.7. The molecule has 0 saturated carbocycles. The summed E-state index contributed by atoms with van der Waals surface area (Å²) >= 11 is 0. The minimum absolute atomic E-state index is 0.0449. The average Bonchev–Trinajstić information content (AvgIpc) is 1.60. The van der Waals surface area contributed by atoms with Gasteiger partial charge in [0.15, 0.2) is 34.8 Å². The first kappa shape index (κ1) is 97.4. The first-order valence-corrected chi connectivity index (χ1v) is 49.9. The molecule has 8 aliphatic rings. The molecule has 0 aliphatic heterocycles. The van der Waals surface area contributed by atoms with Crippen molar-refractivity contribution in [3.8, 4) is 113 Å². The number of carbonyl (C=O) groups excluding carboxylic acids is 4. The third-order valence-electron chi connectivity index (χ3n) is 31.7. The zero-order valence-electron chi connectivity index (χ0n) is 83.1. The number of aliphatic hydroxyl groups excluding tert-OH is 1. The van der Waals surface area contributed by atoms with Crippen molar-refractivity contribution >= 4 is 23.1 Å². The number of halogens is 2. The Morgan fingerprint density at radius 2 is 0.644 bits per heavy atom. The van der Waals surface area contributed by atoms with Gasteiger partial charge in [-0.3, -0.25) is 34.9 Å². The largest absolute Gasteiger partial charge is 0.390 e. The van der Waals surface area contributed by atoms with Crippen LogP contribution in [0, 0.1) is 79.4 Å². The summed E-state index contributed by atoms with van der Waals surface area (Å²) in [6.45, 7) is 46.2. The summed E-state index contributed by atoms with van der Waals surface area (Å²) in [6, 6.07) is 64.8. The van der Waals surface area contributed by atoms with Gasteiger partial charge >= 0.3 is 0 Å². The monoisotopic (exact) mass is 1970 g/mol. The van der Waals surface area contributed by atoms with Gasteiger partial charge < -0.3 is 24.3 Å². The summed E-state index contributed by atoms with van der Waals surface area (Å²) in [7, 11) is 0. The van der Waals surface area contributed by atoms with Crippen LogP contribution in [0.5, 0.6) is 0 Å². The van der Waals surface area contributed by atoms with Crippen molar-refractivity contribution < 1.29 is 33.1 Å². The maximum Gasteiger partial charge on any atom is 0.226 e. The maximum atomic E-state index is 13.4. The van der Waals surface area contributed by atoms with Crippen molar-refractivity contribution in [1.82, 2.24) is 84.0 Å². The molecule has 734 valence electrons. The van der Waals surface area contributed by atoms with E-state index in [1.165, 1.54) is 12.1 Å². The van der Waals surface area contributed by atoms with Gasteiger partial charge in [0.2, 0.25) is 22.8 Å². The lowest BCUT2D eigenvalue weighted by Gasteiger charge is -2.45. The van der Waals surface area contributed by atoms with Crippen molar-refractivity contribution in [3.63, 3.8) is 0 Å². The second-order valence-electron chi connectivity index (χ2n) is 40.1. The molecular weight excluding hydrogens is 1870 g/mol. The molecule has 3 aromatic carbocycles. The Labute approximate surface area is 860 Å². The van der Waals surface area contributed by atoms with Gasteiger partial charge in [0.1, 0.15) is 35.3 Å². The molecule has 0 amide bonds. The van der Waals surface area contributed by atoms with Crippen LogP contribution in [0.25, 0.3) is 132 Å². The molecule has 0 unspecified atom stereocenters. The van der Waals surface area contributed by atoms with E-state index in [2.05, 4.69) is 82.0 Å². The minimum Gasteiger partial charge on any atom is -0.390 e. The van der Waals surface area contributed by atoms with E-state index in [1.54, 1.807) is 67.8 Å². The Kier molecular flexibility index (Phi) is 25.9. The van der Waals surface area contributed by atoms with Crippen LogP contribution in [-0.2, 0) is 79.8 Å². The van der Waals surface area contributed by atoms with Crippen molar-refractivity contribution in [2.45, 2.75) is 142 Å². The molecule has 24 rings (SSSR count). The third-order valence-corrected chi connectivity index (χ3v) is 31.7. The van der Waals surface area contributed by atoms with E-state index < -0.39 is 28.3 Å². The molecule has 0 bridgehead atoms. The summed E-state index contributed by atoms with van der Waals surface area (Å²) in [6.07, 6.45) is 31.5. The molecule has 12 atom stereocenters. The fourth-order valence-electron chi connectivity index (χ4n) is 24.4. The number of pyridine rings is 9. The van der Waals surface area contributed by atoms with E-state index >= 15 is 0 Å². The molecule has 0 radical (unpaired) electrons. The van der Waals surface area contributed by atoms with Crippen molar-refractivity contribution in [3.05, 3.63) is 423 Å². The first-order valence-electron chi connectivity index (χ1n) is 49.9. The number of Topliss-reactive ketones (excluding diaryl/α,β-unsaturated/α-hetero) is 4. The van der Waals surface area contributed by atoms with Gasteiger partial charge in [-0.1, -0.05) is 146 Å². The number of carbonyl (C=O) groups is 4. The molecule has 28 heteroatoms. The van der Waals surface area contributed by atoms with Crippen LogP contribution in [0.1, 0.15) is 137 Å². The Morgan fingerprint density at radius 3 is 0.953 bits per heavy atom. The number of ketones is 4. The highest BCUT2D eigenvalue weighted by Crippen LogP contribution is 2.58. The van der Waals surface area contributed by atoms with Crippen LogP contribution in [0.2, 0.25) is 0 Å². The van der Waals surface area contributed by atoms with Crippen LogP contribution in [0.3, 0.4) is 0 Å². The van der Waals surface area contributed by atoms with Crippen LogP contribution >= 0.6 is 0 Å². The molecule has 1 N–H and O–H groups in total. The number of hydrogen-bond acceptors (Lipinski definition) is 18. The van der Waals surface area contributed by atoms with Gasteiger partial charge in [-0.05, 0) is 242 Å². The Morgan fingerprint density at radius 1 is 0.336 bits per heavy atom. The lowest BCUT2D eigenvalue weighted by molar-refractivity contribution is -0.122. The smallest absolute Gasteiger partial charge is 0.226 e. The van der Waals surface area contributed by atoms with Gasteiger partial charge in [0.25, 0.3) is 0 Å². The van der Waals surface area contributed by atoms with Gasteiger partial charge in [-0.15, -0.1) is 0 Å². The van der Waals surface area contributed by atoms with Crippen molar-refractivity contribution in [2.24, 2.45) is 47.3 Å². The number of fused-ring (bicyclic) bond motifs is 12. The van der Waals surface area contributed by atoms with Gasteiger partial charge in [-0.25, -0.2) is 56.9 Å². The molecule has 26 nitrogen and oxygen atoms in total. The average molecular weight is 1970 g/mol. The molecule has 149 heavy (non-hydrogen) atoms. The zero-order valence-corrected chi connectivity index (χ0v) is 83.1. The van der Waals surface area contributed by atoms with E-state index in [0.717, 1.165) is 198 Å². The number of allylic oxidation sites excluding steroid dienone is 8. The van der Waals surface area contributed by atoms with Crippen molar-refractivity contribution in [1.29, 1.82) is 0 Å². The normalized spacial score (nSPS) is 22.5. The van der Waals surface area contributed by atoms with Crippen LogP contribution in [0.15, 0.2) is 315 Å². The Hall–Kier alpha value is -17.7. The topological polar surface area (TPSA) is 293 Å². The molecular formula is C121H101F2N21O5.